The smallest absolute Gasteiger partial charge is 0.293 e. The molecule has 0 aliphatic carbocycles. The van der Waals surface area contributed by atoms with Crippen molar-refractivity contribution in [2.45, 2.75) is 52.4 Å². The normalized spacial score (nSPS) is 13.7. The molecule has 3 heterocycles. The standard InChI is InChI=1S/C40H36BNO/c1-39(2,3)27-18-15-25(16-19-27)26-17-21-32-34(23-26)42(29-11-8-7-9-12-29)33-14-10-13-30-36-31-24-28(40(4,5)6)20-22-35(31)43-38(36)41(32)37(30)33/h7-24H,1-6H3. The van der Waals surface area contributed by atoms with Crippen molar-refractivity contribution in [3.8, 4) is 22.3 Å². The highest BCUT2D eigenvalue weighted by Gasteiger charge is 2.46. The van der Waals surface area contributed by atoms with Crippen molar-refractivity contribution in [2.75, 3.05) is 4.90 Å². The molecule has 0 unspecified atom stereocenters. The lowest BCUT2D eigenvalue weighted by Crippen LogP contribution is -2.54. The summed E-state index contributed by atoms with van der Waals surface area (Å²) in [6, 6.07) is 40.4. The minimum Gasteiger partial charge on any atom is -0.470 e. The highest BCUT2D eigenvalue weighted by atomic mass is 16.3. The average molecular weight is 558 g/mol. The molecule has 0 amide bonds. The van der Waals surface area contributed by atoms with Crippen molar-refractivity contribution in [2.24, 2.45) is 0 Å². The van der Waals surface area contributed by atoms with Crippen molar-refractivity contribution in [3.63, 3.8) is 0 Å². The number of benzene rings is 5. The van der Waals surface area contributed by atoms with Crippen molar-refractivity contribution in [1.82, 2.24) is 0 Å². The summed E-state index contributed by atoms with van der Waals surface area (Å²) in [4.78, 5) is 2.45. The van der Waals surface area contributed by atoms with Crippen LogP contribution in [0.15, 0.2) is 114 Å². The van der Waals surface area contributed by atoms with E-state index < -0.39 is 0 Å². The predicted octanol–water partition coefficient (Wildman–Crippen LogP) is 8.97. The number of hydrogen-bond donors (Lipinski definition) is 0. The lowest BCUT2D eigenvalue weighted by molar-refractivity contribution is 0.590. The van der Waals surface area contributed by atoms with Gasteiger partial charge in [-0.3, -0.25) is 0 Å². The molecular formula is C40H36BNO. The number of anilines is 3. The molecule has 2 aliphatic heterocycles. The fourth-order valence-electron chi connectivity index (χ4n) is 7.07. The van der Waals surface area contributed by atoms with Gasteiger partial charge in [0.2, 0.25) is 0 Å². The highest BCUT2D eigenvalue weighted by molar-refractivity contribution is 7.01. The van der Waals surface area contributed by atoms with Gasteiger partial charge in [-0.15, -0.1) is 0 Å². The van der Waals surface area contributed by atoms with E-state index in [1.54, 1.807) is 0 Å². The van der Waals surface area contributed by atoms with E-state index in [2.05, 4.69) is 156 Å². The third kappa shape index (κ3) is 3.94. The van der Waals surface area contributed by atoms with Gasteiger partial charge in [0.05, 0.1) is 5.66 Å². The van der Waals surface area contributed by atoms with E-state index in [4.69, 9.17) is 4.42 Å². The van der Waals surface area contributed by atoms with Crippen LogP contribution in [0.1, 0.15) is 52.7 Å². The lowest BCUT2D eigenvalue weighted by atomic mass is 9.39. The Hall–Kier alpha value is -4.50. The Morgan fingerprint density at radius 3 is 2.02 bits per heavy atom. The molecule has 0 spiro atoms. The molecule has 0 saturated carbocycles. The second-order valence-electron chi connectivity index (χ2n) is 14.2. The molecule has 8 rings (SSSR count). The van der Waals surface area contributed by atoms with Crippen LogP contribution in [-0.2, 0) is 10.8 Å². The maximum atomic E-state index is 6.79. The summed E-state index contributed by atoms with van der Waals surface area (Å²) in [7, 11) is 0. The number of fused-ring (bicyclic) bond motifs is 7. The van der Waals surface area contributed by atoms with Crippen LogP contribution in [0.2, 0.25) is 0 Å². The van der Waals surface area contributed by atoms with Crippen LogP contribution in [-0.4, -0.2) is 6.71 Å². The quantitative estimate of drug-likeness (QED) is 0.197. The van der Waals surface area contributed by atoms with Gasteiger partial charge in [-0.2, -0.15) is 0 Å². The molecule has 3 heteroatoms. The molecular weight excluding hydrogens is 521 g/mol. The van der Waals surface area contributed by atoms with Crippen LogP contribution < -0.4 is 21.5 Å². The van der Waals surface area contributed by atoms with Crippen molar-refractivity contribution >= 4 is 51.3 Å². The molecule has 0 saturated heterocycles. The number of nitrogens with zero attached hydrogens (tertiary/aromatic N) is 1. The summed E-state index contributed by atoms with van der Waals surface area (Å²) in [5.41, 5.74) is 16.1. The first-order valence-electron chi connectivity index (χ1n) is 15.4. The first kappa shape index (κ1) is 26.2. The maximum absolute atomic E-state index is 6.79. The van der Waals surface area contributed by atoms with E-state index in [1.165, 1.54) is 66.8 Å². The molecule has 43 heavy (non-hydrogen) atoms. The molecule has 0 radical (unpaired) electrons. The summed E-state index contributed by atoms with van der Waals surface area (Å²) in [5.74, 6) is 0. The van der Waals surface area contributed by atoms with Gasteiger partial charge in [0.15, 0.2) is 0 Å². The zero-order chi connectivity index (χ0) is 29.7. The first-order chi connectivity index (χ1) is 20.6. The Morgan fingerprint density at radius 2 is 1.30 bits per heavy atom. The lowest BCUT2D eigenvalue weighted by Gasteiger charge is -2.35. The summed E-state index contributed by atoms with van der Waals surface area (Å²) >= 11 is 0. The van der Waals surface area contributed by atoms with Crippen LogP contribution in [0.5, 0.6) is 0 Å². The van der Waals surface area contributed by atoms with Crippen molar-refractivity contribution in [1.29, 1.82) is 0 Å². The van der Waals surface area contributed by atoms with Crippen LogP contribution in [0, 0.1) is 0 Å². The minimum atomic E-state index is 0.0546. The Bertz CT molecular complexity index is 2040. The molecule has 0 atom stereocenters. The third-order valence-corrected chi connectivity index (χ3v) is 9.41. The third-order valence-electron chi connectivity index (χ3n) is 9.41. The van der Waals surface area contributed by atoms with E-state index in [9.17, 15) is 0 Å². The average Bonchev–Trinajstić information content (AvgIpc) is 3.52. The van der Waals surface area contributed by atoms with Crippen LogP contribution in [0.4, 0.5) is 17.1 Å². The molecule has 0 N–H and O–H groups in total. The second-order valence-corrected chi connectivity index (χ2v) is 14.2. The van der Waals surface area contributed by atoms with E-state index in [0.717, 1.165) is 11.2 Å². The fourth-order valence-corrected chi connectivity index (χ4v) is 7.07. The number of furan rings is 1. The first-order valence-corrected chi connectivity index (χ1v) is 15.4. The van der Waals surface area contributed by atoms with Crippen molar-refractivity contribution in [3.05, 3.63) is 120 Å². The second kappa shape index (κ2) is 9.00. The zero-order valence-electron chi connectivity index (χ0n) is 25.8. The molecule has 2 nitrogen and oxygen atoms in total. The molecule has 6 aromatic rings. The van der Waals surface area contributed by atoms with Crippen LogP contribution >= 0.6 is 0 Å². The van der Waals surface area contributed by atoms with Gasteiger partial charge in [-0.1, -0.05) is 114 Å². The summed E-state index contributed by atoms with van der Waals surface area (Å²) in [6.45, 7) is 13.7. The summed E-state index contributed by atoms with van der Waals surface area (Å²) in [5, 5.41) is 1.22. The Labute approximate surface area is 255 Å². The monoisotopic (exact) mass is 557 g/mol. The van der Waals surface area contributed by atoms with Crippen molar-refractivity contribution < 1.29 is 4.42 Å². The van der Waals surface area contributed by atoms with Crippen LogP contribution in [0.3, 0.4) is 0 Å². The summed E-state index contributed by atoms with van der Waals surface area (Å²) in [6.07, 6.45) is 0. The number of hydrogen-bond acceptors (Lipinski definition) is 2. The van der Waals surface area contributed by atoms with Gasteiger partial charge in [0.25, 0.3) is 6.71 Å². The highest BCUT2D eigenvalue weighted by Crippen LogP contribution is 2.44. The van der Waals surface area contributed by atoms with Gasteiger partial charge < -0.3 is 9.32 Å². The molecule has 2 aliphatic rings. The van der Waals surface area contributed by atoms with E-state index in [0.29, 0.717) is 0 Å². The SMILES string of the molecule is CC(C)(C)c1ccc(-c2ccc3c(c2)N(c2ccccc2)c2cccc4c2B3c2oc3ccc(C(C)(C)C)cc3c2-4)cc1. The van der Waals surface area contributed by atoms with Gasteiger partial charge in [0, 0.05) is 28.0 Å². The van der Waals surface area contributed by atoms with Crippen LogP contribution in [0.25, 0.3) is 33.2 Å². The van der Waals surface area contributed by atoms with E-state index in [-0.39, 0.29) is 17.5 Å². The fraction of sp³-hybridized carbons (Fsp3) is 0.200. The van der Waals surface area contributed by atoms with Gasteiger partial charge >= 0.3 is 0 Å². The Morgan fingerprint density at radius 1 is 0.605 bits per heavy atom. The minimum absolute atomic E-state index is 0.0546. The van der Waals surface area contributed by atoms with Gasteiger partial charge in [0.1, 0.15) is 5.58 Å². The molecule has 0 bridgehead atoms. The van der Waals surface area contributed by atoms with Gasteiger partial charge in [-0.05, 0) is 86.0 Å². The molecule has 210 valence electrons. The number of para-hydroxylation sites is 1. The zero-order valence-corrected chi connectivity index (χ0v) is 25.8. The topological polar surface area (TPSA) is 16.4 Å². The molecule has 0 fully saturated rings. The predicted molar refractivity (Wildman–Crippen MR) is 184 cm³/mol. The maximum Gasteiger partial charge on any atom is 0.293 e. The Balaban J connectivity index is 1.37. The van der Waals surface area contributed by atoms with Gasteiger partial charge in [-0.25, -0.2) is 0 Å². The summed E-state index contributed by atoms with van der Waals surface area (Å²) < 4.78 is 6.79. The Kier molecular flexibility index (Phi) is 5.48. The largest absolute Gasteiger partial charge is 0.470 e. The molecule has 5 aromatic carbocycles. The number of rotatable bonds is 2. The molecule has 1 aromatic heterocycles. The van der Waals surface area contributed by atoms with E-state index in [1.807, 2.05) is 0 Å². The van der Waals surface area contributed by atoms with E-state index >= 15 is 0 Å².